The van der Waals surface area contributed by atoms with Crippen molar-refractivity contribution in [2.24, 2.45) is 0 Å². The summed E-state index contributed by atoms with van der Waals surface area (Å²) in [5, 5.41) is 8.86. The van der Waals surface area contributed by atoms with Gasteiger partial charge >= 0.3 is 0 Å². The number of hydrogen-bond donors (Lipinski definition) is 3. The van der Waals surface area contributed by atoms with Crippen LogP contribution in [0.2, 0.25) is 0 Å². The van der Waals surface area contributed by atoms with Gasteiger partial charge in [0.2, 0.25) is 21.9 Å². The van der Waals surface area contributed by atoms with E-state index in [1.165, 1.54) is 17.5 Å². The Morgan fingerprint density at radius 3 is 2.51 bits per heavy atom. The van der Waals surface area contributed by atoms with Crippen LogP contribution >= 0.6 is 0 Å². The number of halogens is 1. The summed E-state index contributed by atoms with van der Waals surface area (Å²) in [6, 6.07) is 3.78. The summed E-state index contributed by atoms with van der Waals surface area (Å²) < 4.78 is 44.6. The average molecular weight is 563 g/mol. The number of nitrogens with zero attached hydrogens (tertiary/aromatic N) is 5. The van der Waals surface area contributed by atoms with Crippen molar-refractivity contribution >= 4 is 44.8 Å². The molecule has 0 atom stereocenters. The molecule has 0 aliphatic carbocycles. The minimum atomic E-state index is -3.29. The number of aromatic nitrogens is 2. The quantitative estimate of drug-likeness (QED) is 0.370. The van der Waals surface area contributed by atoms with E-state index in [1.807, 2.05) is 6.07 Å². The molecule has 0 unspecified atom stereocenters. The minimum absolute atomic E-state index is 0.0508. The van der Waals surface area contributed by atoms with Gasteiger partial charge in [-0.1, -0.05) is 6.58 Å². The Bertz CT molecular complexity index is 1330. The van der Waals surface area contributed by atoms with E-state index in [-0.39, 0.29) is 36.8 Å². The summed E-state index contributed by atoms with van der Waals surface area (Å²) in [7, 11) is 2.40. The molecule has 2 fully saturated rings. The van der Waals surface area contributed by atoms with Gasteiger partial charge in [0.25, 0.3) is 0 Å². The molecule has 2 aliphatic heterocycles. The molecule has 3 N–H and O–H groups in total. The van der Waals surface area contributed by atoms with Crippen molar-refractivity contribution in [1.82, 2.24) is 19.2 Å². The monoisotopic (exact) mass is 562 g/mol. The maximum Gasteiger partial charge on any atom is 0.247 e. The summed E-state index contributed by atoms with van der Waals surface area (Å²) in [4.78, 5) is 25.0. The number of nitrogens with one attached hydrogen (secondary N) is 3. The molecule has 0 spiro atoms. The highest BCUT2D eigenvalue weighted by atomic mass is 32.2. The van der Waals surface area contributed by atoms with E-state index in [0.29, 0.717) is 23.2 Å². The standard InChI is InChI=1S/C25H35FN8O4S/c1-6-23(35)29-19-11-20(22(38-4)12-21(19)33-9-7-17(8-10-33)32(2)3)30-25-27-13-18(26)24(31-25)28-16-14-34(15-16)39(5,36)37/h6,11-13,16-17H,1,7-10,14-15H2,2-5H3,(H,29,35)(H2,27,28,30,31). The Hall–Kier alpha value is -3.49. The third-order valence-electron chi connectivity index (χ3n) is 6.95. The van der Waals surface area contributed by atoms with Gasteiger partial charge < -0.3 is 30.5 Å². The van der Waals surface area contributed by atoms with E-state index >= 15 is 0 Å². The van der Waals surface area contributed by atoms with Gasteiger partial charge in [0.15, 0.2) is 11.6 Å². The first kappa shape index (κ1) is 28.5. The number of carbonyl (C=O) groups excluding carboxylic acids is 1. The highest BCUT2D eigenvalue weighted by Gasteiger charge is 2.34. The van der Waals surface area contributed by atoms with Crippen LogP contribution in [0.25, 0.3) is 0 Å². The number of benzene rings is 1. The molecule has 2 saturated heterocycles. The fraction of sp³-hybridized carbons (Fsp3) is 0.480. The third kappa shape index (κ3) is 6.75. The summed E-state index contributed by atoms with van der Waals surface area (Å²) in [5.41, 5.74) is 1.84. The summed E-state index contributed by atoms with van der Waals surface area (Å²) in [6.07, 6.45) is 5.32. The lowest BCUT2D eigenvalue weighted by molar-refractivity contribution is -0.111. The number of amides is 1. The van der Waals surface area contributed by atoms with Crippen LogP contribution in [0.1, 0.15) is 12.8 Å². The predicted octanol–water partition coefficient (Wildman–Crippen LogP) is 2.08. The van der Waals surface area contributed by atoms with Gasteiger partial charge in [0.05, 0.1) is 42.7 Å². The largest absolute Gasteiger partial charge is 0.494 e. The van der Waals surface area contributed by atoms with Crippen LogP contribution in [0.3, 0.4) is 0 Å². The second-order valence-electron chi connectivity index (χ2n) is 9.88. The highest BCUT2D eigenvalue weighted by Crippen LogP contribution is 2.39. The van der Waals surface area contributed by atoms with E-state index in [4.69, 9.17) is 4.74 Å². The van der Waals surface area contributed by atoms with Crippen LogP contribution in [0.4, 0.5) is 33.2 Å². The molecule has 12 nitrogen and oxygen atoms in total. The molecule has 14 heteroatoms. The number of hydrogen-bond acceptors (Lipinski definition) is 10. The molecule has 0 bridgehead atoms. The van der Waals surface area contributed by atoms with Crippen LogP contribution < -0.4 is 25.6 Å². The Balaban J connectivity index is 1.57. The van der Waals surface area contributed by atoms with Crippen molar-refractivity contribution in [2.45, 2.75) is 24.9 Å². The summed E-state index contributed by atoms with van der Waals surface area (Å²) in [5.74, 6) is -0.492. The second kappa shape index (κ2) is 11.7. The molecule has 2 aromatic rings. The van der Waals surface area contributed by atoms with Crippen LogP contribution in [0.15, 0.2) is 31.0 Å². The highest BCUT2D eigenvalue weighted by molar-refractivity contribution is 7.88. The zero-order chi connectivity index (χ0) is 28.3. The van der Waals surface area contributed by atoms with Crippen molar-refractivity contribution in [3.05, 3.63) is 36.8 Å². The molecular weight excluding hydrogens is 527 g/mol. The first-order valence-corrected chi connectivity index (χ1v) is 14.4. The topological polar surface area (TPSA) is 132 Å². The molecule has 3 heterocycles. The molecular formula is C25H35FN8O4S. The number of methoxy groups -OCH3 is 1. The van der Waals surface area contributed by atoms with Crippen molar-refractivity contribution in [3.63, 3.8) is 0 Å². The Morgan fingerprint density at radius 2 is 1.92 bits per heavy atom. The molecule has 39 heavy (non-hydrogen) atoms. The Kier molecular flexibility index (Phi) is 8.57. The molecule has 4 rings (SSSR count). The molecule has 0 saturated carbocycles. The van der Waals surface area contributed by atoms with Crippen LogP contribution in [0, 0.1) is 5.82 Å². The molecule has 1 amide bonds. The van der Waals surface area contributed by atoms with Gasteiger partial charge in [0, 0.05) is 38.3 Å². The van der Waals surface area contributed by atoms with E-state index in [2.05, 4.69) is 56.4 Å². The normalized spacial score (nSPS) is 17.0. The average Bonchev–Trinajstić information content (AvgIpc) is 2.87. The van der Waals surface area contributed by atoms with Crippen molar-refractivity contribution < 1.29 is 22.3 Å². The van der Waals surface area contributed by atoms with Crippen LogP contribution in [-0.2, 0) is 14.8 Å². The summed E-state index contributed by atoms with van der Waals surface area (Å²) >= 11 is 0. The van der Waals surface area contributed by atoms with Gasteiger partial charge in [-0.15, -0.1) is 0 Å². The molecule has 1 aromatic carbocycles. The smallest absolute Gasteiger partial charge is 0.247 e. The van der Waals surface area contributed by atoms with E-state index in [9.17, 15) is 17.6 Å². The molecule has 0 radical (unpaired) electrons. The lowest BCUT2D eigenvalue weighted by Crippen LogP contribution is -2.56. The summed E-state index contributed by atoms with van der Waals surface area (Å²) in [6.45, 7) is 5.61. The molecule has 1 aromatic heterocycles. The second-order valence-corrected chi connectivity index (χ2v) is 11.9. The van der Waals surface area contributed by atoms with Gasteiger partial charge in [-0.3, -0.25) is 4.79 Å². The maximum atomic E-state index is 14.5. The van der Waals surface area contributed by atoms with Crippen molar-refractivity contribution in [3.8, 4) is 5.75 Å². The number of carbonyl (C=O) groups is 1. The Labute approximate surface area is 228 Å². The van der Waals surface area contributed by atoms with Crippen molar-refractivity contribution in [1.29, 1.82) is 0 Å². The van der Waals surface area contributed by atoms with Crippen LogP contribution in [-0.4, -0.2) is 99.2 Å². The maximum absolute atomic E-state index is 14.5. The lowest BCUT2D eigenvalue weighted by Gasteiger charge is -2.37. The lowest BCUT2D eigenvalue weighted by atomic mass is 10.0. The predicted molar refractivity (Wildman–Crippen MR) is 150 cm³/mol. The zero-order valence-corrected chi connectivity index (χ0v) is 23.4. The third-order valence-corrected chi connectivity index (χ3v) is 8.18. The number of anilines is 5. The molecule has 2 aliphatic rings. The van der Waals surface area contributed by atoms with Crippen LogP contribution in [0.5, 0.6) is 5.75 Å². The van der Waals surface area contributed by atoms with E-state index in [1.54, 1.807) is 6.07 Å². The van der Waals surface area contributed by atoms with Gasteiger partial charge in [-0.05, 0) is 39.1 Å². The SMILES string of the molecule is C=CC(=O)Nc1cc(Nc2ncc(F)c(NC3CN(S(C)(=O)=O)C3)n2)c(OC)cc1N1CCC(N(C)C)CC1. The number of piperidine rings is 1. The van der Waals surface area contributed by atoms with Crippen molar-refractivity contribution in [2.75, 3.05) is 74.5 Å². The number of ether oxygens (including phenoxy) is 1. The first-order chi connectivity index (χ1) is 18.5. The number of sulfonamides is 1. The zero-order valence-electron chi connectivity index (χ0n) is 22.6. The van der Waals surface area contributed by atoms with Gasteiger partial charge in [-0.25, -0.2) is 17.8 Å². The fourth-order valence-electron chi connectivity index (χ4n) is 4.65. The molecule has 212 valence electrons. The van der Waals surface area contributed by atoms with Gasteiger partial charge in [0.1, 0.15) is 5.75 Å². The van der Waals surface area contributed by atoms with Gasteiger partial charge in [-0.2, -0.15) is 9.29 Å². The fourth-order valence-corrected chi connectivity index (χ4v) is 5.55. The minimum Gasteiger partial charge on any atom is -0.494 e. The van der Waals surface area contributed by atoms with E-state index < -0.39 is 15.8 Å². The Morgan fingerprint density at radius 1 is 1.23 bits per heavy atom. The van der Waals surface area contributed by atoms with E-state index in [0.717, 1.165) is 44.1 Å². The number of rotatable bonds is 10. The first-order valence-electron chi connectivity index (χ1n) is 12.6.